The maximum atomic E-state index is 13.1. The van der Waals surface area contributed by atoms with Crippen molar-refractivity contribution in [1.29, 1.82) is 0 Å². The first kappa shape index (κ1) is 26.4. The number of nitrogens with one attached hydrogen (secondary N) is 1. The van der Waals surface area contributed by atoms with E-state index in [0.717, 1.165) is 23.6 Å². The smallest absolute Gasteiger partial charge is 0.410 e. The normalized spacial score (nSPS) is 18.6. The summed E-state index contributed by atoms with van der Waals surface area (Å²) >= 11 is -2.28. The van der Waals surface area contributed by atoms with Crippen molar-refractivity contribution in [2.75, 3.05) is 30.6 Å². The summed E-state index contributed by atoms with van der Waals surface area (Å²) < 4.78 is 35.2. The number of nitrogens with zero attached hydrogens (tertiary/aromatic N) is 2. The fourth-order valence-corrected chi connectivity index (χ4v) is 5.59. The summed E-state index contributed by atoms with van der Waals surface area (Å²) in [6, 6.07) is 10.7. The number of rotatable bonds is 5. The summed E-state index contributed by atoms with van der Waals surface area (Å²) in [6.45, 7) is 7.60. The number of fused-ring (bicyclic) bond motifs is 1. The van der Waals surface area contributed by atoms with Crippen molar-refractivity contribution < 1.29 is 27.8 Å². The number of likely N-dealkylation sites (tertiary alicyclic amines) is 1. The number of hydrogen-bond donors (Lipinski definition) is 2. The molecule has 1 atom stereocenters. The van der Waals surface area contributed by atoms with Gasteiger partial charge in [-0.15, -0.1) is 0 Å². The molecule has 0 saturated carbocycles. The van der Waals surface area contributed by atoms with Gasteiger partial charge < -0.3 is 19.7 Å². The minimum absolute atomic E-state index is 0.0706. The Kier molecular flexibility index (Phi) is 8.17. The van der Waals surface area contributed by atoms with Crippen LogP contribution >= 0.6 is 0 Å². The predicted molar refractivity (Wildman–Crippen MR) is 139 cm³/mol. The van der Waals surface area contributed by atoms with Crippen molar-refractivity contribution in [2.24, 2.45) is 0 Å². The SMILES string of the molecule is CC(C)(C)OC(=O)N1CCC(N(c2ccc(C(=O)NC3CCOCC3)c3ccccc23)S(=O)O)CC1. The van der Waals surface area contributed by atoms with Crippen LogP contribution in [-0.4, -0.2) is 69.6 Å². The molecule has 0 aromatic heterocycles. The Hall–Kier alpha value is -2.69. The van der Waals surface area contributed by atoms with Crippen LogP contribution in [0.25, 0.3) is 10.8 Å². The van der Waals surface area contributed by atoms with E-state index in [1.165, 1.54) is 4.31 Å². The maximum Gasteiger partial charge on any atom is 0.410 e. The summed E-state index contributed by atoms with van der Waals surface area (Å²) in [6.07, 6.45) is 2.22. The second kappa shape index (κ2) is 11.1. The summed E-state index contributed by atoms with van der Waals surface area (Å²) in [5, 5.41) is 4.56. The molecule has 2 aliphatic rings. The molecule has 0 spiro atoms. The van der Waals surface area contributed by atoms with Gasteiger partial charge in [-0.25, -0.2) is 9.00 Å². The summed E-state index contributed by atoms with van der Waals surface area (Å²) in [7, 11) is 0. The fourth-order valence-electron chi connectivity index (χ4n) is 4.80. The molecule has 9 nitrogen and oxygen atoms in total. The second-order valence-corrected chi connectivity index (χ2v) is 11.1. The van der Waals surface area contributed by atoms with Gasteiger partial charge in [-0.2, -0.15) is 0 Å². The highest BCUT2D eigenvalue weighted by Gasteiger charge is 2.33. The molecule has 4 rings (SSSR count). The van der Waals surface area contributed by atoms with Gasteiger partial charge in [-0.05, 0) is 64.0 Å². The Bertz CT molecular complexity index is 1120. The Morgan fingerprint density at radius 2 is 1.69 bits per heavy atom. The average Bonchev–Trinajstić information content (AvgIpc) is 2.84. The first-order valence-electron chi connectivity index (χ1n) is 12.4. The van der Waals surface area contributed by atoms with Crippen LogP contribution in [0.15, 0.2) is 36.4 Å². The number of carbonyl (C=O) groups excluding carboxylic acids is 2. The molecule has 36 heavy (non-hydrogen) atoms. The molecule has 10 heteroatoms. The van der Waals surface area contributed by atoms with Crippen molar-refractivity contribution in [3.8, 4) is 0 Å². The molecule has 2 saturated heterocycles. The third-order valence-electron chi connectivity index (χ3n) is 6.56. The number of piperidine rings is 1. The Balaban J connectivity index is 1.56. The van der Waals surface area contributed by atoms with Crippen molar-refractivity contribution >= 4 is 39.7 Å². The number of anilines is 1. The molecule has 0 aliphatic carbocycles. The molecule has 2 aromatic rings. The monoisotopic (exact) mass is 517 g/mol. The van der Waals surface area contributed by atoms with Gasteiger partial charge in [-0.1, -0.05) is 24.3 Å². The number of ether oxygens (including phenoxy) is 2. The molecular weight excluding hydrogens is 482 g/mol. The molecule has 0 bridgehead atoms. The van der Waals surface area contributed by atoms with E-state index in [-0.39, 0.29) is 24.1 Å². The maximum absolute atomic E-state index is 13.1. The number of amides is 2. The van der Waals surface area contributed by atoms with Crippen molar-refractivity contribution in [3.63, 3.8) is 0 Å². The predicted octanol–water partition coefficient (Wildman–Crippen LogP) is 4.09. The zero-order valence-electron chi connectivity index (χ0n) is 21.1. The van der Waals surface area contributed by atoms with Gasteiger partial charge in [0, 0.05) is 49.3 Å². The lowest BCUT2D eigenvalue weighted by atomic mass is 9.99. The Morgan fingerprint density at radius 3 is 2.31 bits per heavy atom. The summed E-state index contributed by atoms with van der Waals surface area (Å²) in [5.41, 5.74) is 0.540. The zero-order valence-corrected chi connectivity index (χ0v) is 21.9. The lowest BCUT2D eigenvalue weighted by molar-refractivity contribution is 0.0207. The van der Waals surface area contributed by atoms with E-state index in [1.807, 2.05) is 45.0 Å². The fraction of sp³-hybridized carbons (Fsp3) is 0.538. The average molecular weight is 518 g/mol. The van der Waals surface area contributed by atoms with Gasteiger partial charge in [0.2, 0.25) is 0 Å². The summed E-state index contributed by atoms with van der Waals surface area (Å²) in [4.78, 5) is 27.2. The van der Waals surface area contributed by atoms with Gasteiger partial charge in [0.1, 0.15) is 5.60 Å². The van der Waals surface area contributed by atoms with Gasteiger partial charge in [0.25, 0.3) is 17.2 Å². The van der Waals surface area contributed by atoms with Crippen LogP contribution in [-0.2, 0) is 20.7 Å². The van der Waals surface area contributed by atoms with Crippen LogP contribution in [0, 0.1) is 0 Å². The highest BCUT2D eigenvalue weighted by Crippen LogP contribution is 2.34. The quantitative estimate of drug-likeness (QED) is 0.579. The molecule has 0 radical (unpaired) electrons. The highest BCUT2D eigenvalue weighted by molar-refractivity contribution is 7.80. The van der Waals surface area contributed by atoms with E-state index in [1.54, 1.807) is 17.0 Å². The van der Waals surface area contributed by atoms with Crippen LogP contribution in [0.2, 0.25) is 0 Å². The Morgan fingerprint density at radius 1 is 1.06 bits per heavy atom. The van der Waals surface area contributed by atoms with E-state index >= 15 is 0 Å². The largest absolute Gasteiger partial charge is 0.444 e. The van der Waals surface area contributed by atoms with Crippen LogP contribution in [0.3, 0.4) is 0 Å². The third kappa shape index (κ3) is 6.16. The lowest BCUT2D eigenvalue weighted by Gasteiger charge is -2.38. The number of hydrogen-bond acceptors (Lipinski definition) is 5. The third-order valence-corrected chi connectivity index (χ3v) is 7.39. The van der Waals surface area contributed by atoms with E-state index in [4.69, 9.17) is 9.47 Å². The number of carbonyl (C=O) groups is 2. The molecule has 196 valence electrons. The highest BCUT2D eigenvalue weighted by atomic mass is 32.2. The topological polar surface area (TPSA) is 108 Å². The molecule has 2 heterocycles. The van der Waals surface area contributed by atoms with E-state index in [2.05, 4.69) is 5.32 Å². The minimum atomic E-state index is -2.28. The van der Waals surface area contributed by atoms with Crippen LogP contribution < -0.4 is 9.62 Å². The van der Waals surface area contributed by atoms with Crippen molar-refractivity contribution in [2.45, 2.75) is 64.1 Å². The Labute approximate surface area is 214 Å². The molecule has 2 aromatic carbocycles. The van der Waals surface area contributed by atoms with Crippen LogP contribution in [0.4, 0.5) is 10.5 Å². The van der Waals surface area contributed by atoms with Gasteiger partial charge >= 0.3 is 6.09 Å². The van der Waals surface area contributed by atoms with Crippen molar-refractivity contribution in [1.82, 2.24) is 10.2 Å². The van der Waals surface area contributed by atoms with Crippen LogP contribution in [0.5, 0.6) is 0 Å². The summed E-state index contributed by atoms with van der Waals surface area (Å²) in [5.74, 6) is -0.160. The molecule has 1 unspecified atom stereocenters. The van der Waals surface area contributed by atoms with E-state index in [0.29, 0.717) is 50.4 Å². The van der Waals surface area contributed by atoms with E-state index in [9.17, 15) is 18.4 Å². The minimum Gasteiger partial charge on any atom is -0.444 e. The molecular formula is C26H35N3O6S. The van der Waals surface area contributed by atoms with Crippen molar-refractivity contribution in [3.05, 3.63) is 42.0 Å². The molecule has 2 N–H and O–H groups in total. The first-order valence-corrected chi connectivity index (χ1v) is 13.5. The van der Waals surface area contributed by atoms with Gasteiger partial charge in [-0.3, -0.25) is 13.7 Å². The second-order valence-electron chi connectivity index (χ2n) is 10.3. The first-order chi connectivity index (χ1) is 17.1. The van der Waals surface area contributed by atoms with Gasteiger partial charge in [0.05, 0.1) is 5.69 Å². The lowest BCUT2D eigenvalue weighted by Crippen LogP contribution is -2.48. The molecule has 2 fully saturated rings. The van der Waals surface area contributed by atoms with E-state index < -0.39 is 16.9 Å². The standard InChI is InChI=1S/C26H35N3O6S/c1-26(2,3)35-25(31)28-14-10-19(11-15-28)29(36(32)33)23-9-8-22(20-6-4-5-7-21(20)23)24(30)27-18-12-16-34-17-13-18/h4-9,18-19H,10-17H2,1-3H3,(H,27,30)(H,32,33). The molecule has 2 aliphatic heterocycles. The van der Waals surface area contributed by atoms with Gasteiger partial charge in [0.15, 0.2) is 0 Å². The molecule has 2 amide bonds. The number of benzene rings is 2. The zero-order chi connectivity index (χ0) is 25.9. The van der Waals surface area contributed by atoms with Crippen LogP contribution in [0.1, 0.15) is 56.8 Å².